The van der Waals surface area contributed by atoms with Crippen molar-refractivity contribution in [3.8, 4) is 0 Å². The van der Waals surface area contributed by atoms with Gasteiger partial charge >= 0.3 is 0 Å². The molecule has 0 amide bonds. The van der Waals surface area contributed by atoms with Gasteiger partial charge in [0, 0.05) is 30.9 Å². The van der Waals surface area contributed by atoms with Crippen molar-refractivity contribution in [1.82, 2.24) is 4.98 Å². The molecule has 0 fully saturated rings. The van der Waals surface area contributed by atoms with E-state index in [0.29, 0.717) is 6.54 Å². The van der Waals surface area contributed by atoms with Crippen molar-refractivity contribution in [2.45, 2.75) is 33.7 Å². The normalized spacial score (nSPS) is 16.0. The molecule has 17 heavy (non-hydrogen) atoms. The molecule has 0 aromatic carbocycles. The number of aryl methyl sites for hydroxylation is 2. The Bertz CT molecular complexity index is 449. The van der Waals surface area contributed by atoms with E-state index in [0.717, 1.165) is 31.0 Å². The Morgan fingerprint density at radius 1 is 1.35 bits per heavy atom. The zero-order valence-electron chi connectivity index (χ0n) is 11.0. The van der Waals surface area contributed by atoms with Crippen LogP contribution in [0.3, 0.4) is 0 Å². The molecule has 0 unspecified atom stereocenters. The van der Waals surface area contributed by atoms with Gasteiger partial charge in [-0.2, -0.15) is 0 Å². The topological polar surface area (TPSA) is 42.2 Å². The van der Waals surface area contributed by atoms with E-state index in [1.807, 2.05) is 6.92 Å². The lowest BCUT2D eigenvalue weighted by Gasteiger charge is -2.29. The van der Waals surface area contributed by atoms with Crippen molar-refractivity contribution in [3.63, 3.8) is 0 Å². The van der Waals surface area contributed by atoms with Crippen LogP contribution in [0.15, 0.2) is 17.7 Å². The monoisotopic (exact) mass is 231 g/mol. The molecule has 0 saturated heterocycles. The van der Waals surface area contributed by atoms with E-state index < -0.39 is 0 Å². The predicted molar refractivity (Wildman–Crippen MR) is 72.2 cm³/mol. The van der Waals surface area contributed by atoms with Crippen LogP contribution < -0.4 is 10.6 Å². The lowest BCUT2D eigenvalue weighted by molar-refractivity contribution is 0.765. The highest BCUT2D eigenvalue weighted by atomic mass is 15.2. The Morgan fingerprint density at radius 3 is 2.76 bits per heavy atom. The van der Waals surface area contributed by atoms with Crippen LogP contribution in [0.4, 0.5) is 5.82 Å². The Kier molecular flexibility index (Phi) is 3.48. The van der Waals surface area contributed by atoms with Crippen LogP contribution in [0.25, 0.3) is 0 Å². The molecule has 1 aliphatic heterocycles. The van der Waals surface area contributed by atoms with Gasteiger partial charge in [0.25, 0.3) is 0 Å². The molecule has 1 aromatic rings. The Labute approximate surface area is 103 Å². The molecule has 0 radical (unpaired) electrons. The number of hydrogen-bond donors (Lipinski definition) is 1. The van der Waals surface area contributed by atoms with E-state index in [9.17, 15) is 0 Å². The quantitative estimate of drug-likeness (QED) is 0.794. The largest absolute Gasteiger partial charge is 0.352 e. The lowest BCUT2D eigenvalue weighted by atomic mass is 10.1. The summed E-state index contributed by atoms with van der Waals surface area (Å²) in [6, 6.07) is 2.11. The minimum atomic E-state index is 0.563. The van der Waals surface area contributed by atoms with Gasteiger partial charge in [0.1, 0.15) is 5.82 Å². The maximum absolute atomic E-state index is 5.86. The zero-order valence-corrected chi connectivity index (χ0v) is 11.0. The maximum Gasteiger partial charge on any atom is 0.133 e. The predicted octanol–water partition coefficient (Wildman–Crippen LogP) is 2.31. The zero-order chi connectivity index (χ0) is 12.4. The second-order valence-corrected chi connectivity index (χ2v) is 4.85. The average molecular weight is 231 g/mol. The SMILES string of the molecule is CC1=CCCN(c2nc(C)cc(C)c2CN)C1. The summed E-state index contributed by atoms with van der Waals surface area (Å²) in [5, 5.41) is 0. The second kappa shape index (κ2) is 4.88. The molecule has 1 aromatic heterocycles. The minimum Gasteiger partial charge on any atom is -0.352 e. The van der Waals surface area contributed by atoms with Gasteiger partial charge in [-0.1, -0.05) is 11.6 Å². The third-order valence-electron chi connectivity index (χ3n) is 3.29. The Balaban J connectivity index is 2.40. The first-order valence-corrected chi connectivity index (χ1v) is 6.19. The van der Waals surface area contributed by atoms with E-state index in [1.54, 1.807) is 0 Å². The number of rotatable bonds is 2. The van der Waals surface area contributed by atoms with Crippen molar-refractivity contribution < 1.29 is 0 Å². The van der Waals surface area contributed by atoms with Gasteiger partial charge < -0.3 is 10.6 Å². The highest BCUT2D eigenvalue weighted by molar-refractivity contribution is 5.53. The molecular formula is C14H21N3. The fourth-order valence-electron chi connectivity index (χ4n) is 2.45. The lowest BCUT2D eigenvalue weighted by Crippen LogP contribution is -2.31. The van der Waals surface area contributed by atoms with Gasteiger partial charge in [-0.25, -0.2) is 4.98 Å². The number of pyridine rings is 1. The summed E-state index contributed by atoms with van der Waals surface area (Å²) >= 11 is 0. The van der Waals surface area contributed by atoms with Crippen LogP contribution >= 0.6 is 0 Å². The van der Waals surface area contributed by atoms with Gasteiger partial charge in [-0.3, -0.25) is 0 Å². The van der Waals surface area contributed by atoms with Crippen LogP contribution in [-0.2, 0) is 6.54 Å². The molecule has 2 N–H and O–H groups in total. The van der Waals surface area contributed by atoms with E-state index in [1.165, 1.54) is 16.7 Å². The molecule has 0 saturated carbocycles. The maximum atomic E-state index is 5.86. The summed E-state index contributed by atoms with van der Waals surface area (Å²) in [5.41, 5.74) is 10.8. The summed E-state index contributed by atoms with van der Waals surface area (Å²) in [6.07, 6.45) is 3.41. The van der Waals surface area contributed by atoms with Gasteiger partial charge in [0.2, 0.25) is 0 Å². The number of nitrogens with zero attached hydrogens (tertiary/aromatic N) is 2. The fourth-order valence-corrected chi connectivity index (χ4v) is 2.45. The number of anilines is 1. The van der Waals surface area contributed by atoms with Gasteiger partial charge in [-0.05, 0) is 38.8 Å². The summed E-state index contributed by atoms with van der Waals surface area (Å²) < 4.78 is 0. The first-order chi connectivity index (χ1) is 8.11. The molecule has 0 spiro atoms. The Morgan fingerprint density at radius 2 is 2.12 bits per heavy atom. The Hall–Kier alpha value is -1.35. The minimum absolute atomic E-state index is 0.563. The van der Waals surface area contributed by atoms with Crippen molar-refractivity contribution >= 4 is 5.82 Å². The molecule has 3 heteroatoms. The fraction of sp³-hybridized carbons (Fsp3) is 0.500. The standard InChI is InChI=1S/C14H21N3/c1-10-5-4-6-17(9-10)14-13(8-15)11(2)7-12(3)16-14/h5,7H,4,6,8-9,15H2,1-3H3. The molecule has 1 aliphatic rings. The first kappa shape index (κ1) is 12.1. The molecule has 0 bridgehead atoms. The van der Waals surface area contributed by atoms with Crippen molar-refractivity contribution in [1.29, 1.82) is 0 Å². The molecule has 0 aliphatic carbocycles. The van der Waals surface area contributed by atoms with Crippen LogP contribution in [0.5, 0.6) is 0 Å². The number of aromatic nitrogens is 1. The molecule has 0 atom stereocenters. The smallest absolute Gasteiger partial charge is 0.133 e. The van der Waals surface area contributed by atoms with Crippen molar-refractivity contribution in [3.05, 3.63) is 34.5 Å². The van der Waals surface area contributed by atoms with E-state index in [4.69, 9.17) is 5.73 Å². The first-order valence-electron chi connectivity index (χ1n) is 6.19. The summed E-state index contributed by atoms with van der Waals surface area (Å²) in [4.78, 5) is 7.03. The van der Waals surface area contributed by atoms with E-state index in [2.05, 4.69) is 35.9 Å². The van der Waals surface area contributed by atoms with E-state index >= 15 is 0 Å². The second-order valence-electron chi connectivity index (χ2n) is 4.85. The molecule has 92 valence electrons. The average Bonchev–Trinajstić information content (AvgIpc) is 2.28. The summed E-state index contributed by atoms with van der Waals surface area (Å²) in [5.74, 6) is 1.08. The van der Waals surface area contributed by atoms with Gasteiger partial charge in [-0.15, -0.1) is 0 Å². The summed E-state index contributed by atoms with van der Waals surface area (Å²) in [6.45, 7) is 8.92. The van der Waals surface area contributed by atoms with Gasteiger partial charge in [0.15, 0.2) is 0 Å². The van der Waals surface area contributed by atoms with E-state index in [-0.39, 0.29) is 0 Å². The van der Waals surface area contributed by atoms with Crippen molar-refractivity contribution in [2.75, 3.05) is 18.0 Å². The molecule has 2 heterocycles. The van der Waals surface area contributed by atoms with Crippen molar-refractivity contribution in [2.24, 2.45) is 5.73 Å². The van der Waals surface area contributed by atoms with Crippen LogP contribution in [0, 0.1) is 13.8 Å². The highest BCUT2D eigenvalue weighted by Gasteiger charge is 2.17. The molecule has 2 rings (SSSR count). The third-order valence-corrected chi connectivity index (χ3v) is 3.29. The molecule has 3 nitrogen and oxygen atoms in total. The van der Waals surface area contributed by atoms with Gasteiger partial charge in [0.05, 0.1) is 0 Å². The molecular weight excluding hydrogens is 210 g/mol. The van der Waals surface area contributed by atoms with Crippen LogP contribution in [-0.4, -0.2) is 18.1 Å². The highest BCUT2D eigenvalue weighted by Crippen LogP contribution is 2.24. The van der Waals surface area contributed by atoms with Crippen LogP contribution in [0.1, 0.15) is 30.2 Å². The van der Waals surface area contributed by atoms with Crippen LogP contribution in [0.2, 0.25) is 0 Å². The number of nitrogens with two attached hydrogens (primary N) is 1. The third kappa shape index (κ3) is 2.50. The number of hydrogen-bond acceptors (Lipinski definition) is 3. The summed E-state index contributed by atoms with van der Waals surface area (Å²) in [7, 11) is 0.